The molecule has 1 heterocycles. The summed E-state index contributed by atoms with van der Waals surface area (Å²) < 4.78 is 12.8. The van der Waals surface area contributed by atoms with Gasteiger partial charge in [0.05, 0.1) is 10.7 Å². The zero-order valence-corrected chi connectivity index (χ0v) is 11.1. The summed E-state index contributed by atoms with van der Waals surface area (Å²) in [5, 5.41) is 9.88. The van der Waals surface area contributed by atoms with Crippen molar-refractivity contribution in [1.82, 2.24) is 4.98 Å². The van der Waals surface area contributed by atoms with Crippen LogP contribution in [0, 0.1) is 5.82 Å². The average molecular weight is 277 g/mol. The Bertz CT molecular complexity index is 617. The molecule has 0 aliphatic carbocycles. The van der Waals surface area contributed by atoms with Gasteiger partial charge in [0, 0.05) is 0 Å². The number of aromatic nitrogens is 1. The van der Waals surface area contributed by atoms with Gasteiger partial charge in [-0.25, -0.2) is 14.2 Å². The van der Waals surface area contributed by atoms with Crippen LogP contribution in [-0.2, 0) is 6.42 Å². The van der Waals surface area contributed by atoms with E-state index < -0.39 is 5.97 Å². The lowest BCUT2D eigenvalue weighted by Gasteiger charge is -1.93. The summed E-state index contributed by atoms with van der Waals surface area (Å²) >= 11 is 1.18. The van der Waals surface area contributed by atoms with Crippen LogP contribution in [0.5, 0.6) is 0 Å². The maximum Gasteiger partial charge on any atom is 0.348 e. The van der Waals surface area contributed by atoms with Crippen molar-refractivity contribution in [2.24, 2.45) is 0 Å². The number of rotatable bonds is 4. The first kappa shape index (κ1) is 13.4. The molecule has 1 aromatic heterocycles. The second-order valence-corrected chi connectivity index (χ2v) is 4.95. The summed E-state index contributed by atoms with van der Waals surface area (Å²) in [5.74, 6) is -1.28. The highest BCUT2D eigenvalue weighted by atomic mass is 32.1. The molecule has 0 atom stereocenters. The van der Waals surface area contributed by atoms with E-state index in [-0.39, 0.29) is 10.7 Å². The summed E-state index contributed by atoms with van der Waals surface area (Å²) in [5.41, 5.74) is 1.24. The molecule has 0 saturated carbocycles. The Morgan fingerprint density at radius 2 is 2.05 bits per heavy atom. The van der Waals surface area contributed by atoms with E-state index in [1.54, 1.807) is 24.3 Å². The number of thiazole rings is 1. The lowest BCUT2D eigenvalue weighted by atomic mass is 10.2. The molecule has 0 amide bonds. The van der Waals surface area contributed by atoms with E-state index in [1.807, 2.05) is 6.92 Å². The third-order valence-electron chi connectivity index (χ3n) is 2.50. The van der Waals surface area contributed by atoms with Crippen LogP contribution in [0.3, 0.4) is 0 Å². The zero-order valence-electron chi connectivity index (χ0n) is 10.3. The molecule has 98 valence electrons. The fourth-order valence-electron chi connectivity index (χ4n) is 1.54. The first-order valence-corrected chi connectivity index (χ1v) is 6.58. The molecule has 0 aliphatic heterocycles. The van der Waals surface area contributed by atoms with Gasteiger partial charge in [-0.3, -0.25) is 0 Å². The minimum atomic E-state index is -0.976. The first-order chi connectivity index (χ1) is 9.10. The van der Waals surface area contributed by atoms with Crippen molar-refractivity contribution in [2.75, 3.05) is 0 Å². The quantitative estimate of drug-likeness (QED) is 0.926. The molecule has 0 unspecified atom stereocenters. The average Bonchev–Trinajstić information content (AvgIpc) is 2.81. The highest BCUT2D eigenvalue weighted by Gasteiger charge is 2.14. The third kappa shape index (κ3) is 3.26. The molecule has 3 nitrogen and oxygen atoms in total. The molecular formula is C14H12FNO2S. The number of aryl methyl sites for hydroxylation is 1. The van der Waals surface area contributed by atoms with Crippen LogP contribution in [0.1, 0.15) is 32.9 Å². The second-order valence-electron chi connectivity index (χ2n) is 3.87. The number of aromatic carboxylic acids is 1. The van der Waals surface area contributed by atoms with Gasteiger partial charge in [0.15, 0.2) is 0 Å². The molecule has 2 aromatic rings. The van der Waals surface area contributed by atoms with Gasteiger partial charge in [-0.2, -0.15) is 0 Å². The van der Waals surface area contributed by atoms with Crippen molar-refractivity contribution in [2.45, 2.75) is 13.3 Å². The van der Waals surface area contributed by atoms with Gasteiger partial charge in [-0.15, -0.1) is 11.3 Å². The van der Waals surface area contributed by atoms with Crippen molar-refractivity contribution in [1.29, 1.82) is 0 Å². The molecule has 0 fully saturated rings. The normalized spacial score (nSPS) is 11.1. The summed E-state index contributed by atoms with van der Waals surface area (Å²) in [6.45, 7) is 1.93. The largest absolute Gasteiger partial charge is 0.477 e. The van der Waals surface area contributed by atoms with E-state index in [0.29, 0.717) is 12.1 Å². The van der Waals surface area contributed by atoms with Gasteiger partial charge >= 0.3 is 5.97 Å². The van der Waals surface area contributed by atoms with Gasteiger partial charge in [0.1, 0.15) is 10.7 Å². The number of benzene rings is 1. The van der Waals surface area contributed by atoms with Crippen LogP contribution in [-0.4, -0.2) is 16.1 Å². The maximum atomic E-state index is 12.8. The van der Waals surface area contributed by atoms with Crippen molar-refractivity contribution in [3.63, 3.8) is 0 Å². The van der Waals surface area contributed by atoms with E-state index in [4.69, 9.17) is 5.11 Å². The standard InChI is InChI=1S/C14H12FNO2S/c1-2-12-16-11(13(19-12)14(17)18)8-5-9-3-6-10(15)7-4-9/h3-8H,2H2,1H3,(H,17,18)/b8-5+. The lowest BCUT2D eigenvalue weighted by molar-refractivity contribution is 0.0701. The van der Waals surface area contributed by atoms with E-state index in [9.17, 15) is 9.18 Å². The molecular weight excluding hydrogens is 265 g/mol. The number of nitrogens with zero attached hydrogens (tertiary/aromatic N) is 1. The lowest BCUT2D eigenvalue weighted by Crippen LogP contribution is -1.94. The Balaban J connectivity index is 2.29. The van der Waals surface area contributed by atoms with Crippen LogP contribution in [0.2, 0.25) is 0 Å². The minimum Gasteiger partial charge on any atom is -0.477 e. The number of carboxylic acids is 1. The maximum absolute atomic E-state index is 12.8. The van der Waals surface area contributed by atoms with Crippen molar-refractivity contribution in [3.05, 3.63) is 51.2 Å². The highest BCUT2D eigenvalue weighted by molar-refractivity contribution is 7.13. The van der Waals surface area contributed by atoms with Crippen LogP contribution in [0.15, 0.2) is 24.3 Å². The zero-order chi connectivity index (χ0) is 13.8. The Hall–Kier alpha value is -2.01. The fourth-order valence-corrected chi connectivity index (χ4v) is 2.37. The van der Waals surface area contributed by atoms with Gasteiger partial charge in [0.2, 0.25) is 0 Å². The Labute approximate surface area is 114 Å². The summed E-state index contributed by atoms with van der Waals surface area (Å²) in [4.78, 5) is 15.6. The van der Waals surface area contributed by atoms with E-state index in [0.717, 1.165) is 10.6 Å². The number of hydrogen-bond acceptors (Lipinski definition) is 3. The molecule has 19 heavy (non-hydrogen) atoms. The monoisotopic (exact) mass is 277 g/mol. The van der Waals surface area contributed by atoms with Crippen LogP contribution in [0.4, 0.5) is 4.39 Å². The summed E-state index contributed by atoms with van der Waals surface area (Å²) in [6.07, 6.45) is 4.07. The topological polar surface area (TPSA) is 50.2 Å². The molecule has 2 rings (SSSR count). The van der Waals surface area contributed by atoms with Gasteiger partial charge < -0.3 is 5.11 Å². The molecule has 1 aromatic carbocycles. The predicted molar refractivity (Wildman–Crippen MR) is 73.8 cm³/mol. The smallest absolute Gasteiger partial charge is 0.348 e. The Morgan fingerprint density at radius 1 is 1.37 bits per heavy atom. The molecule has 0 bridgehead atoms. The summed E-state index contributed by atoms with van der Waals surface area (Å²) in [7, 11) is 0. The SMILES string of the molecule is CCc1nc(/C=C/c2ccc(F)cc2)c(C(=O)O)s1. The van der Waals surface area contributed by atoms with E-state index >= 15 is 0 Å². The highest BCUT2D eigenvalue weighted by Crippen LogP contribution is 2.21. The third-order valence-corrected chi connectivity index (χ3v) is 3.70. The molecule has 0 radical (unpaired) electrons. The van der Waals surface area contributed by atoms with E-state index in [1.165, 1.54) is 23.5 Å². The van der Waals surface area contributed by atoms with Crippen molar-refractivity contribution >= 4 is 29.5 Å². The van der Waals surface area contributed by atoms with Crippen LogP contribution < -0.4 is 0 Å². The van der Waals surface area contributed by atoms with Crippen LogP contribution in [0.25, 0.3) is 12.2 Å². The van der Waals surface area contributed by atoms with Gasteiger partial charge in [-0.05, 0) is 30.2 Å². The van der Waals surface area contributed by atoms with Crippen molar-refractivity contribution < 1.29 is 14.3 Å². The molecule has 0 aliphatic rings. The molecule has 1 N–H and O–H groups in total. The summed E-state index contributed by atoms with van der Waals surface area (Å²) in [6, 6.07) is 5.96. The molecule has 5 heteroatoms. The Kier molecular flexibility index (Phi) is 4.06. The van der Waals surface area contributed by atoms with Crippen molar-refractivity contribution in [3.8, 4) is 0 Å². The fraction of sp³-hybridized carbons (Fsp3) is 0.143. The van der Waals surface area contributed by atoms with Gasteiger partial charge in [0.25, 0.3) is 0 Å². The number of carbonyl (C=O) groups is 1. The minimum absolute atomic E-state index is 0.232. The Morgan fingerprint density at radius 3 is 2.63 bits per heavy atom. The number of hydrogen-bond donors (Lipinski definition) is 1. The molecule has 0 saturated heterocycles. The predicted octanol–water partition coefficient (Wildman–Crippen LogP) is 3.71. The molecule has 0 spiro atoms. The van der Waals surface area contributed by atoms with Gasteiger partial charge in [-0.1, -0.05) is 25.1 Å². The first-order valence-electron chi connectivity index (χ1n) is 5.76. The van der Waals surface area contributed by atoms with Crippen LogP contribution >= 0.6 is 11.3 Å². The number of carboxylic acid groups (broad SMARTS) is 1. The van der Waals surface area contributed by atoms with E-state index in [2.05, 4.69) is 4.98 Å². The second kappa shape index (κ2) is 5.75. The number of halogens is 1.